The molecule has 0 fully saturated rings. The number of aromatic nitrogens is 2. The van der Waals surface area contributed by atoms with E-state index in [9.17, 15) is 0 Å². The molecule has 0 amide bonds. The second-order valence-electron chi connectivity index (χ2n) is 18.8. The maximum atomic E-state index is 5.44. The first-order valence-corrected chi connectivity index (χ1v) is 24.6. The minimum atomic E-state index is -0.433. The third-order valence-corrected chi connectivity index (χ3v) is 11.5. The molecule has 0 radical (unpaired) electrons. The van der Waals surface area contributed by atoms with Crippen LogP contribution in [0, 0.1) is 20.8 Å². The Morgan fingerprint density at radius 2 is 0.831 bits per heavy atom. The molecule has 6 aromatic carbocycles. The number of hydrogen-bond donors (Lipinski definition) is 0. The van der Waals surface area contributed by atoms with Crippen LogP contribution in [0.25, 0.3) is 5.32 Å². The van der Waals surface area contributed by atoms with Crippen LogP contribution >= 0.6 is 0 Å². The zero-order chi connectivity index (χ0) is 50.9. The molecule has 0 saturated heterocycles. The maximum Gasteiger partial charge on any atom is 4.00 e. The SMILES string of the molecule is CC(=Nc1c(C(C)C)cccc1C(C)C)c1ccccn1.CC(C)c1cccc(C(C)C)c1[N-]C(C)(Cc1ccccc1)c1ccccn1.[CH2-]c1ccccc1.[CH2-]c1ccccc1.[CH2-]c1ccccc1.[Zr+4]. The molecule has 5 heteroatoms. The normalized spacial score (nSPS) is 11.5. The van der Waals surface area contributed by atoms with E-state index in [0.29, 0.717) is 23.7 Å². The Morgan fingerprint density at radius 3 is 1.17 bits per heavy atom. The third-order valence-electron chi connectivity index (χ3n) is 11.5. The fourth-order valence-corrected chi connectivity index (χ4v) is 7.63. The van der Waals surface area contributed by atoms with Gasteiger partial charge in [-0.15, -0.1) is 42.1 Å². The summed E-state index contributed by atoms with van der Waals surface area (Å²) in [5.74, 6) is 1.75. The molecule has 1 atom stereocenters. The van der Waals surface area contributed by atoms with Gasteiger partial charge in [0.1, 0.15) is 0 Å². The van der Waals surface area contributed by atoms with E-state index < -0.39 is 5.54 Å². The van der Waals surface area contributed by atoms with Gasteiger partial charge in [-0.2, -0.15) is 73.9 Å². The molecule has 0 aliphatic rings. The zero-order valence-corrected chi connectivity index (χ0v) is 46.5. The summed E-state index contributed by atoms with van der Waals surface area (Å²) in [6.45, 7) is 33.2. The summed E-state index contributed by atoms with van der Waals surface area (Å²) in [6, 6.07) is 65.4. The first-order valence-electron chi connectivity index (χ1n) is 24.6. The van der Waals surface area contributed by atoms with Crippen LogP contribution in [0.4, 0.5) is 11.4 Å². The molecule has 364 valence electrons. The molecule has 1 unspecified atom stereocenters. The van der Waals surface area contributed by atoms with E-state index in [1.54, 1.807) is 0 Å². The Kier molecular flexibility index (Phi) is 25.7. The topological polar surface area (TPSA) is 52.2 Å². The van der Waals surface area contributed by atoms with Crippen LogP contribution in [0.5, 0.6) is 0 Å². The summed E-state index contributed by atoms with van der Waals surface area (Å²) in [7, 11) is 0. The van der Waals surface area contributed by atoms with E-state index in [-0.39, 0.29) is 26.2 Å². The molecule has 0 spiro atoms. The molecule has 0 bridgehead atoms. The summed E-state index contributed by atoms with van der Waals surface area (Å²) < 4.78 is 0. The molecule has 0 saturated carbocycles. The van der Waals surface area contributed by atoms with E-state index in [2.05, 4.69) is 167 Å². The minimum Gasteiger partial charge on any atom is -0.674 e. The van der Waals surface area contributed by atoms with Crippen molar-refractivity contribution >= 4 is 17.1 Å². The molecule has 4 nitrogen and oxygen atoms in total. The second-order valence-corrected chi connectivity index (χ2v) is 18.8. The average molecular weight is 1020 g/mol. The molecule has 0 N–H and O–H groups in total. The first-order chi connectivity index (χ1) is 33.6. The predicted molar refractivity (Wildman–Crippen MR) is 303 cm³/mol. The van der Waals surface area contributed by atoms with Gasteiger partial charge in [0, 0.05) is 18.1 Å². The van der Waals surface area contributed by atoms with Gasteiger partial charge in [-0.05, 0) is 78.0 Å². The zero-order valence-electron chi connectivity index (χ0n) is 44.1. The number of pyridine rings is 2. The Bertz CT molecular complexity index is 2540. The molecule has 0 aliphatic carbocycles. The summed E-state index contributed by atoms with van der Waals surface area (Å²) in [5.41, 5.74) is 14.4. The maximum absolute atomic E-state index is 5.44. The summed E-state index contributed by atoms with van der Waals surface area (Å²) in [4.78, 5) is 14.0. The Hall–Kier alpha value is -6.42. The Labute approximate surface area is 448 Å². The average Bonchev–Trinajstić information content (AvgIpc) is 3.36. The number of rotatable bonds is 11. The number of nitrogens with zero attached hydrogens (tertiary/aromatic N) is 4. The van der Waals surface area contributed by atoms with Crippen LogP contribution in [0.3, 0.4) is 0 Å². The van der Waals surface area contributed by atoms with Crippen molar-refractivity contribution in [3.05, 3.63) is 289 Å². The van der Waals surface area contributed by atoms with Gasteiger partial charge in [-0.25, -0.2) is 0 Å². The fourth-order valence-electron chi connectivity index (χ4n) is 7.63. The van der Waals surface area contributed by atoms with Crippen molar-refractivity contribution in [2.45, 2.75) is 105 Å². The van der Waals surface area contributed by atoms with Gasteiger partial charge < -0.3 is 5.32 Å². The molecular formula is C66H76N4Zr. The van der Waals surface area contributed by atoms with Gasteiger partial charge in [0.2, 0.25) is 0 Å². The predicted octanol–water partition coefficient (Wildman–Crippen LogP) is 18.6. The minimum absolute atomic E-state index is 0. The third kappa shape index (κ3) is 20.1. The summed E-state index contributed by atoms with van der Waals surface area (Å²) >= 11 is 0. The van der Waals surface area contributed by atoms with E-state index in [0.717, 1.165) is 51.6 Å². The number of hydrogen-bond acceptors (Lipinski definition) is 3. The van der Waals surface area contributed by atoms with Crippen molar-refractivity contribution in [1.29, 1.82) is 0 Å². The Morgan fingerprint density at radius 1 is 0.465 bits per heavy atom. The number of aliphatic imine (C=N–C) groups is 1. The van der Waals surface area contributed by atoms with Crippen LogP contribution in [0.2, 0.25) is 0 Å². The van der Waals surface area contributed by atoms with Crippen molar-refractivity contribution in [2.24, 2.45) is 4.99 Å². The van der Waals surface area contributed by atoms with Crippen molar-refractivity contribution in [2.75, 3.05) is 0 Å². The van der Waals surface area contributed by atoms with Gasteiger partial charge in [-0.1, -0.05) is 176 Å². The van der Waals surface area contributed by atoms with Crippen LogP contribution in [0.1, 0.15) is 149 Å². The van der Waals surface area contributed by atoms with Gasteiger partial charge >= 0.3 is 26.2 Å². The number of benzene rings is 6. The molecule has 0 aliphatic heterocycles. The molecular weight excluding hydrogens is 940 g/mol. The van der Waals surface area contributed by atoms with Crippen molar-refractivity contribution in [3.8, 4) is 0 Å². The van der Waals surface area contributed by atoms with Gasteiger partial charge in [0.25, 0.3) is 0 Å². The van der Waals surface area contributed by atoms with E-state index in [1.807, 2.05) is 135 Å². The Balaban J connectivity index is 0.000000268. The van der Waals surface area contributed by atoms with Crippen LogP contribution in [0.15, 0.2) is 212 Å². The van der Waals surface area contributed by atoms with E-state index in [1.165, 1.54) is 27.8 Å². The van der Waals surface area contributed by atoms with Gasteiger partial charge in [0.15, 0.2) is 0 Å². The largest absolute Gasteiger partial charge is 4.00 e. The molecule has 8 aromatic rings. The number of para-hydroxylation sites is 2. The summed E-state index contributed by atoms with van der Waals surface area (Å²) in [6.07, 6.45) is 4.49. The van der Waals surface area contributed by atoms with Crippen LogP contribution in [-0.2, 0) is 38.2 Å². The smallest absolute Gasteiger partial charge is 0.674 e. The van der Waals surface area contributed by atoms with Gasteiger partial charge in [-0.3, -0.25) is 15.0 Å². The molecule has 2 aromatic heterocycles. The molecule has 8 rings (SSSR count). The monoisotopic (exact) mass is 1010 g/mol. The quantitative estimate of drug-likeness (QED) is 0.0957. The molecule has 2 heterocycles. The summed E-state index contributed by atoms with van der Waals surface area (Å²) in [5, 5.41) is 5.44. The van der Waals surface area contributed by atoms with E-state index >= 15 is 0 Å². The van der Waals surface area contributed by atoms with Gasteiger partial charge in [0.05, 0.1) is 17.1 Å². The standard InChI is InChI=1S/C26H31N2.C19H24N2.3C7H7.Zr/c1-19(2)22-14-11-15-23(20(3)4)25(22)28-26(5,24-16-9-10-17-27-24)18-21-12-7-6-8-13-21;1-13(2)16-9-8-10-17(14(3)4)19(16)21-15(5)18-11-6-7-12-20-18;3*1-7-5-3-2-4-6-7;/h6-17,19-20H,18H2,1-5H3;6-14H,1-5H3;3*2-6H,1H2;/q-1;;3*-1;+4. The van der Waals surface area contributed by atoms with Crippen molar-refractivity contribution in [3.63, 3.8) is 0 Å². The van der Waals surface area contributed by atoms with E-state index in [4.69, 9.17) is 15.3 Å². The molecule has 71 heavy (non-hydrogen) atoms. The fraction of sp³-hybridized carbons (Fsp3) is 0.242. The van der Waals surface area contributed by atoms with Crippen molar-refractivity contribution in [1.82, 2.24) is 9.97 Å². The van der Waals surface area contributed by atoms with Crippen LogP contribution in [-0.4, -0.2) is 15.7 Å². The van der Waals surface area contributed by atoms with Crippen molar-refractivity contribution < 1.29 is 26.2 Å². The first kappa shape index (κ1) is 58.9. The van der Waals surface area contributed by atoms with Crippen LogP contribution < -0.4 is 0 Å². The second kappa shape index (κ2) is 31.0.